The lowest BCUT2D eigenvalue weighted by Crippen LogP contribution is -2.61. The fourth-order valence-corrected chi connectivity index (χ4v) is 4.34. The Kier molecular flexibility index (Phi) is 5.00. The summed E-state index contributed by atoms with van der Waals surface area (Å²) in [4.78, 5) is 5.57. The SMILES string of the molecule is CC(C)C1CN2CCCCC2CN1CCC1CCCO1. The van der Waals surface area contributed by atoms with Crippen LogP contribution >= 0.6 is 0 Å². The van der Waals surface area contributed by atoms with Gasteiger partial charge in [0, 0.05) is 38.3 Å². The van der Waals surface area contributed by atoms with Crippen LogP contribution in [0.3, 0.4) is 0 Å². The van der Waals surface area contributed by atoms with Gasteiger partial charge in [0.05, 0.1) is 6.10 Å². The molecule has 0 spiro atoms. The van der Waals surface area contributed by atoms with Crippen molar-refractivity contribution in [3.05, 3.63) is 0 Å². The smallest absolute Gasteiger partial charge is 0.0588 e. The van der Waals surface area contributed by atoms with Crippen LogP contribution in [0.5, 0.6) is 0 Å². The van der Waals surface area contributed by atoms with Crippen molar-refractivity contribution in [2.24, 2.45) is 5.92 Å². The van der Waals surface area contributed by atoms with E-state index in [0.717, 1.165) is 24.6 Å². The fraction of sp³-hybridized carbons (Fsp3) is 1.00. The number of ether oxygens (including phenoxy) is 1. The molecule has 3 aliphatic rings. The van der Waals surface area contributed by atoms with Gasteiger partial charge in [-0.3, -0.25) is 9.80 Å². The van der Waals surface area contributed by atoms with E-state index in [0.29, 0.717) is 6.10 Å². The zero-order valence-corrected chi connectivity index (χ0v) is 13.4. The standard InChI is InChI=1S/C17H32N2O/c1-14(2)17-13-18-9-4-3-6-15(18)12-19(17)10-8-16-7-5-11-20-16/h14-17H,3-13H2,1-2H3. The Labute approximate surface area is 124 Å². The highest BCUT2D eigenvalue weighted by molar-refractivity contribution is 4.92. The Morgan fingerprint density at radius 1 is 1.10 bits per heavy atom. The molecule has 0 aromatic carbocycles. The van der Waals surface area contributed by atoms with Gasteiger partial charge in [0.25, 0.3) is 0 Å². The Balaban J connectivity index is 1.57. The summed E-state index contributed by atoms with van der Waals surface area (Å²) >= 11 is 0. The van der Waals surface area contributed by atoms with Gasteiger partial charge in [-0.05, 0) is 44.6 Å². The van der Waals surface area contributed by atoms with Crippen molar-refractivity contribution in [1.29, 1.82) is 0 Å². The van der Waals surface area contributed by atoms with Crippen LogP contribution in [0.15, 0.2) is 0 Å². The monoisotopic (exact) mass is 280 g/mol. The second kappa shape index (κ2) is 6.76. The molecule has 3 fully saturated rings. The van der Waals surface area contributed by atoms with Gasteiger partial charge in [-0.25, -0.2) is 0 Å². The summed E-state index contributed by atoms with van der Waals surface area (Å²) in [5.41, 5.74) is 0. The van der Waals surface area contributed by atoms with Gasteiger partial charge in [-0.15, -0.1) is 0 Å². The minimum absolute atomic E-state index is 0.548. The first kappa shape index (κ1) is 14.8. The molecule has 3 atom stereocenters. The molecule has 3 heteroatoms. The second-order valence-corrected chi connectivity index (χ2v) is 7.37. The van der Waals surface area contributed by atoms with E-state index in [-0.39, 0.29) is 0 Å². The lowest BCUT2D eigenvalue weighted by molar-refractivity contribution is -0.0151. The van der Waals surface area contributed by atoms with Crippen LogP contribution in [-0.2, 0) is 4.74 Å². The molecule has 0 N–H and O–H groups in total. The summed E-state index contributed by atoms with van der Waals surface area (Å²) in [6.45, 7) is 11.0. The molecule has 3 saturated heterocycles. The van der Waals surface area contributed by atoms with E-state index in [2.05, 4.69) is 23.6 Å². The van der Waals surface area contributed by atoms with Crippen LogP contribution < -0.4 is 0 Å². The molecule has 0 aromatic heterocycles. The maximum absolute atomic E-state index is 5.81. The van der Waals surface area contributed by atoms with Crippen molar-refractivity contribution < 1.29 is 4.74 Å². The predicted molar refractivity (Wildman–Crippen MR) is 83.0 cm³/mol. The Hall–Kier alpha value is -0.120. The number of piperazine rings is 1. The largest absolute Gasteiger partial charge is 0.378 e. The average Bonchev–Trinajstić information content (AvgIpc) is 2.97. The zero-order valence-electron chi connectivity index (χ0n) is 13.4. The van der Waals surface area contributed by atoms with Crippen LogP contribution in [0.1, 0.15) is 52.4 Å². The van der Waals surface area contributed by atoms with Crippen LogP contribution in [-0.4, -0.2) is 60.8 Å². The highest BCUT2D eigenvalue weighted by Crippen LogP contribution is 2.28. The highest BCUT2D eigenvalue weighted by Gasteiger charge is 2.36. The number of fused-ring (bicyclic) bond motifs is 1. The van der Waals surface area contributed by atoms with E-state index in [9.17, 15) is 0 Å². The van der Waals surface area contributed by atoms with Crippen molar-refractivity contribution in [3.8, 4) is 0 Å². The van der Waals surface area contributed by atoms with Crippen molar-refractivity contribution in [2.75, 3.05) is 32.8 Å². The molecule has 3 aliphatic heterocycles. The van der Waals surface area contributed by atoms with E-state index >= 15 is 0 Å². The third-order valence-corrected chi connectivity index (χ3v) is 5.62. The van der Waals surface area contributed by atoms with Crippen molar-refractivity contribution in [3.63, 3.8) is 0 Å². The van der Waals surface area contributed by atoms with Gasteiger partial charge in [0.1, 0.15) is 0 Å². The molecule has 0 radical (unpaired) electrons. The summed E-state index contributed by atoms with van der Waals surface area (Å²) in [6.07, 6.45) is 8.62. The molecule has 20 heavy (non-hydrogen) atoms. The Morgan fingerprint density at radius 3 is 2.75 bits per heavy atom. The average molecular weight is 280 g/mol. The molecule has 3 heterocycles. The van der Waals surface area contributed by atoms with Crippen molar-refractivity contribution >= 4 is 0 Å². The lowest BCUT2D eigenvalue weighted by Gasteiger charge is -2.50. The van der Waals surface area contributed by atoms with Crippen molar-refractivity contribution in [1.82, 2.24) is 9.80 Å². The molecule has 3 unspecified atom stereocenters. The number of hydrogen-bond donors (Lipinski definition) is 0. The first-order chi connectivity index (χ1) is 9.74. The minimum Gasteiger partial charge on any atom is -0.378 e. The first-order valence-electron chi connectivity index (χ1n) is 8.83. The molecule has 0 aliphatic carbocycles. The molecule has 0 bridgehead atoms. The molecule has 0 aromatic rings. The molecular weight excluding hydrogens is 248 g/mol. The first-order valence-corrected chi connectivity index (χ1v) is 8.83. The van der Waals surface area contributed by atoms with Gasteiger partial charge in [0.15, 0.2) is 0 Å². The van der Waals surface area contributed by atoms with E-state index in [1.807, 2.05) is 0 Å². The van der Waals surface area contributed by atoms with Gasteiger partial charge < -0.3 is 4.74 Å². The molecule has 116 valence electrons. The summed E-state index contributed by atoms with van der Waals surface area (Å²) in [7, 11) is 0. The Morgan fingerprint density at radius 2 is 2.00 bits per heavy atom. The minimum atomic E-state index is 0.548. The summed E-state index contributed by atoms with van der Waals surface area (Å²) in [5, 5.41) is 0. The molecule has 3 nitrogen and oxygen atoms in total. The maximum Gasteiger partial charge on any atom is 0.0588 e. The number of rotatable bonds is 4. The fourth-order valence-electron chi connectivity index (χ4n) is 4.34. The maximum atomic E-state index is 5.81. The van der Waals surface area contributed by atoms with Crippen molar-refractivity contribution in [2.45, 2.75) is 70.6 Å². The van der Waals surface area contributed by atoms with Gasteiger partial charge >= 0.3 is 0 Å². The summed E-state index contributed by atoms with van der Waals surface area (Å²) in [6, 6.07) is 1.59. The topological polar surface area (TPSA) is 15.7 Å². The predicted octanol–water partition coefficient (Wildman–Crippen LogP) is 2.75. The third kappa shape index (κ3) is 3.37. The van der Waals surface area contributed by atoms with E-state index in [1.54, 1.807) is 0 Å². The quantitative estimate of drug-likeness (QED) is 0.787. The van der Waals surface area contributed by atoms with Crippen LogP contribution in [0, 0.1) is 5.92 Å². The van der Waals surface area contributed by atoms with E-state index in [4.69, 9.17) is 4.74 Å². The highest BCUT2D eigenvalue weighted by atomic mass is 16.5. The Bertz CT molecular complexity index is 301. The number of nitrogens with zero attached hydrogens (tertiary/aromatic N) is 2. The molecule has 3 rings (SSSR count). The molecule has 0 saturated carbocycles. The molecular formula is C17H32N2O. The third-order valence-electron chi connectivity index (χ3n) is 5.62. The summed E-state index contributed by atoms with van der Waals surface area (Å²) < 4.78 is 5.81. The van der Waals surface area contributed by atoms with Gasteiger partial charge in [-0.1, -0.05) is 20.3 Å². The van der Waals surface area contributed by atoms with Crippen LogP contribution in [0.25, 0.3) is 0 Å². The zero-order chi connectivity index (χ0) is 13.9. The normalized spacial score (nSPS) is 36.5. The number of hydrogen-bond acceptors (Lipinski definition) is 3. The molecule has 0 amide bonds. The second-order valence-electron chi connectivity index (χ2n) is 7.37. The van der Waals surface area contributed by atoms with Gasteiger partial charge in [0.2, 0.25) is 0 Å². The van der Waals surface area contributed by atoms with Crippen LogP contribution in [0.2, 0.25) is 0 Å². The number of piperidine rings is 1. The lowest BCUT2D eigenvalue weighted by atomic mass is 9.92. The van der Waals surface area contributed by atoms with Crippen LogP contribution in [0.4, 0.5) is 0 Å². The van der Waals surface area contributed by atoms with E-state index in [1.165, 1.54) is 64.7 Å². The van der Waals surface area contributed by atoms with E-state index < -0.39 is 0 Å². The van der Waals surface area contributed by atoms with Gasteiger partial charge in [-0.2, -0.15) is 0 Å². The summed E-state index contributed by atoms with van der Waals surface area (Å²) in [5.74, 6) is 0.766.